The molecule has 1 N–H and O–H groups in total. The van der Waals surface area contributed by atoms with Crippen LogP contribution in [0, 0.1) is 5.92 Å². The van der Waals surface area contributed by atoms with Crippen LogP contribution >= 0.6 is 0 Å². The van der Waals surface area contributed by atoms with Crippen molar-refractivity contribution in [1.29, 1.82) is 0 Å². The second-order valence-corrected chi connectivity index (χ2v) is 5.88. The van der Waals surface area contributed by atoms with Crippen molar-refractivity contribution in [3.8, 4) is 0 Å². The van der Waals surface area contributed by atoms with E-state index in [4.69, 9.17) is 0 Å². The summed E-state index contributed by atoms with van der Waals surface area (Å²) >= 11 is 0. The van der Waals surface area contributed by atoms with E-state index in [0.717, 1.165) is 31.2 Å². The molecule has 0 amide bonds. The number of hydrogen-bond donors (Lipinski definition) is 1. The summed E-state index contributed by atoms with van der Waals surface area (Å²) < 4.78 is 0. The lowest BCUT2D eigenvalue weighted by atomic mass is 9.92. The monoisotopic (exact) mass is 266 g/mol. The average Bonchev–Trinajstić information content (AvgIpc) is 2.91. The number of aliphatic hydroxyl groups is 1. The Kier molecular flexibility index (Phi) is 3.88. The molecule has 1 atom stereocenters. The maximum atomic E-state index is 10.7. The molecule has 0 fully saturated rings. The van der Waals surface area contributed by atoms with Crippen LogP contribution in [0.4, 0.5) is 0 Å². The Morgan fingerprint density at radius 3 is 2.40 bits per heavy atom. The fourth-order valence-electron chi connectivity index (χ4n) is 3.31. The smallest absolute Gasteiger partial charge is 0.0824 e. The topological polar surface area (TPSA) is 20.2 Å². The van der Waals surface area contributed by atoms with Crippen molar-refractivity contribution >= 4 is 0 Å². The largest absolute Gasteiger partial charge is 0.388 e. The molecule has 0 saturated carbocycles. The molecule has 0 saturated heterocycles. The van der Waals surface area contributed by atoms with Crippen molar-refractivity contribution in [3.63, 3.8) is 0 Å². The molecule has 104 valence electrons. The summed E-state index contributed by atoms with van der Waals surface area (Å²) in [5.74, 6) is 0.323. The van der Waals surface area contributed by atoms with Gasteiger partial charge in [0.05, 0.1) is 6.10 Å². The van der Waals surface area contributed by atoms with Gasteiger partial charge in [-0.2, -0.15) is 0 Å². The lowest BCUT2D eigenvalue weighted by Crippen LogP contribution is -2.13. The van der Waals surface area contributed by atoms with Gasteiger partial charge in [-0.15, -0.1) is 0 Å². The van der Waals surface area contributed by atoms with Crippen LogP contribution < -0.4 is 0 Å². The second kappa shape index (κ2) is 5.80. The van der Waals surface area contributed by atoms with E-state index < -0.39 is 0 Å². The number of fused-ring (bicyclic) bond motifs is 1. The van der Waals surface area contributed by atoms with E-state index >= 15 is 0 Å². The van der Waals surface area contributed by atoms with Gasteiger partial charge >= 0.3 is 0 Å². The zero-order valence-corrected chi connectivity index (χ0v) is 12.0. The molecular formula is C19H22O. The highest BCUT2D eigenvalue weighted by Crippen LogP contribution is 2.35. The molecule has 0 aromatic heterocycles. The Balaban J connectivity index is 1.77. The molecule has 0 bridgehead atoms. The van der Waals surface area contributed by atoms with Gasteiger partial charge in [0.2, 0.25) is 0 Å². The molecule has 1 aliphatic rings. The molecule has 1 nitrogen and oxygen atoms in total. The fourth-order valence-corrected chi connectivity index (χ4v) is 3.31. The second-order valence-electron chi connectivity index (χ2n) is 5.88. The minimum absolute atomic E-state index is 0.323. The van der Waals surface area contributed by atoms with Crippen molar-refractivity contribution in [2.75, 3.05) is 0 Å². The Morgan fingerprint density at radius 1 is 1.05 bits per heavy atom. The van der Waals surface area contributed by atoms with Crippen LogP contribution in [-0.4, -0.2) is 5.11 Å². The summed E-state index contributed by atoms with van der Waals surface area (Å²) in [5.41, 5.74) is 5.22. The predicted octanol–water partition coefficient (Wildman–Crippen LogP) is 4.09. The molecular weight excluding hydrogens is 244 g/mol. The zero-order chi connectivity index (χ0) is 13.9. The highest BCUT2D eigenvalue weighted by Gasteiger charge is 2.28. The first-order valence-corrected chi connectivity index (χ1v) is 7.61. The van der Waals surface area contributed by atoms with Gasteiger partial charge in [-0.1, -0.05) is 61.9 Å². The lowest BCUT2D eigenvalue weighted by Gasteiger charge is -2.19. The Labute approximate surface area is 121 Å². The molecule has 0 heterocycles. The lowest BCUT2D eigenvalue weighted by molar-refractivity contribution is 0.113. The molecule has 1 heteroatoms. The van der Waals surface area contributed by atoms with E-state index in [0.29, 0.717) is 5.92 Å². The van der Waals surface area contributed by atoms with Crippen molar-refractivity contribution in [3.05, 3.63) is 70.8 Å². The van der Waals surface area contributed by atoms with Crippen LogP contribution in [0.3, 0.4) is 0 Å². The summed E-state index contributed by atoms with van der Waals surface area (Å²) in [6.45, 7) is 2.19. The third-order valence-corrected chi connectivity index (χ3v) is 4.36. The summed E-state index contributed by atoms with van der Waals surface area (Å²) in [4.78, 5) is 0. The quantitative estimate of drug-likeness (QED) is 0.883. The first-order valence-electron chi connectivity index (χ1n) is 7.61. The van der Waals surface area contributed by atoms with E-state index in [1.807, 2.05) is 0 Å². The average molecular weight is 266 g/mol. The number of rotatable bonds is 4. The maximum Gasteiger partial charge on any atom is 0.0824 e. The number of benzene rings is 2. The first-order chi connectivity index (χ1) is 9.78. The van der Waals surface area contributed by atoms with Crippen molar-refractivity contribution in [1.82, 2.24) is 0 Å². The molecule has 1 aliphatic carbocycles. The van der Waals surface area contributed by atoms with E-state index in [9.17, 15) is 5.11 Å². The number of hydrogen-bond acceptors (Lipinski definition) is 1. The normalized spacial score (nSPS) is 16.1. The molecule has 0 aliphatic heterocycles. The van der Waals surface area contributed by atoms with Crippen LogP contribution in [0.1, 0.15) is 41.7 Å². The highest BCUT2D eigenvalue weighted by molar-refractivity contribution is 5.34. The predicted molar refractivity (Wildman–Crippen MR) is 82.7 cm³/mol. The number of aryl methyl sites for hydroxylation is 1. The van der Waals surface area contributed by atoms with Crippen LogP contribution in [0.2, 0.25) is 0 Å². The van der Waals surface area contributed by atoms with Gasteiger partial charge in [0.1, 0.15) is 0 Å². The molecule has 2 aromatic rings. The van der Waals surface area contributed by atoms with E-state index in [1.165, 1.54) is 16.7 Å². The third kappa shape index (κ3) is 2.64. The van der Waals surface area contributed by atoms with Crippen LogP contribution in [-0.2, 0) is 19.3 Å². The SMILES string of the molecule is CCCc1cccc(C(O)C2Cc3ccccc3C2)c1. The summed E-state index contributed by atoms with van der Waals surface area (Å²) in [5, 5.41) is 10.7. The van der Waals surface area contributed by atoms with Crippen molar-refractivity contribution in [2.45, 2.75) is 38.7 Å². The van der Waals surface area contributed by atoms with Crippen LogP contribution in [0.15, 0.2) is 48.5 Å². The minimum Gasteiger partial charge on any atom is -0.388 e. The summed E-state index contributed by atoms with van der Waals surface area (Å²) in [6, 6.07) is 17.0. The van der Waals surface area contributed by atoms with Crippen LogP contribution in [0.25, 0.3) is 0 Å². The maximum absolute atomic E-state index is 10.7. The van der Waals surface area contributed by atoms with Crippen molar-refractivity contribution < 1.29 is 5.11 Å². The van der Waals surface area contributed by atoms with Gasteiger partial charge in [-0.05, 0) is 47.4 Å². The highest BCUT2D eigenvalue weighted by atomic mass is 16.3. The van der Waals surface area contributed by atoms with Gasteiger partial charge in [0.15, 0.2) is 0 Å². The van der Waals surface area contributed by atoms with E-state index in [2.05, 4.69) is 55.5 Å². The van der Waals surface area contributed by atoms with E-state index in [1.54, 1.807) is 0 Å². The molecule has 0 spiro atoms. The number of aliphatic hydroxyl groups excluding tert-OH is 1. The molecule has 1 unspecified atom stereocenters. The Bertz CT molecular complexity index is 563. The zero-order valence-electron chi connectivity index (χ0n) is 12.0. The molecule has 3 rings (SSSR count). The Morgan fingerprint density at radius 2 is 1.75 bits per heavy atom. The minimum atomic E-state index is -0.348. The first kappa shape index (κ1) is 13.4. The van der Waals surface area contributed by atoms with Gasteiger partial charge in [0.25, 0.3) is 0 Å². The summed E-state index contributed by atoms with van der Waals surface area (Å²) in [7, 11) is 0. The molecule has 2 aromatic carbocycles. The van der Waals surface area contributed by atoms with Gasteiger partial charge in [-0.25, -0.2) is 0 Å². The third-order valence-electron chi connectivity index (χ3n) is 4.36. The van der Waals surface area contributed by atoms with Gasteiger partial charge in [-0.3, -0.25) is 0 Å². The summed E-state index contributed by atoms with van der Waals surface area (Å²) in [6.07, 6.45) is 3.88. The standard InChI is InChI=1S/C19H22O/c1-2-6-14-7-5-10-17(11-14)19(20)18-12-15-8-3-4-9-16(15)13-18/h3-5,7-11,18-20H,2,6,12-13H2,1H3. The van der Waals surface area contributed by atoms with Gasteiger partial charge in [0, 0.05) is 0 Å². The fraction of sp³-hybridized carbons (Fsp3) is 0.368. The van der Waals surface area contributed by atoms with Gasteiger partial charge < -0.3 is 5.11 Å². The molecule has 0 radical (unpaired) electrons. The Hall–Kier alpha value is -1.60. The van der Waals surface area contributed by atoms with Crippen LogP contribution in [0.5, 0.6) is 0 Å². The van der Waals surface area contributed by atoms with Crippen molar-refractivity contribution in [2.24, 2.45) is 5.92 Å². The van der Waals surface area contributed by atoms with E-state index in [-0.39, 0.29) is 6.10 Å². The molecule has 20 heavy (non-hydrogen) atoms.